The van der Waals surface area contributed by atoms with E-state index in [0.29, 0.717) is 0 Å². The van der Waals surface area contributed by atoms with Gasteiger partial charge in [0.1, 0.15) is 5.78 Å². The Morgan fingerprint density at radius 3 is 1.71 bits per heavy atom. The fourth-order valence-electron chi connectivity index (χ4n) is 1.95. The Balaban J connectivity index is 5.27. The van der Waals surface area contributed by atoms with Crippen LogP contribution in [0, 0.1) is 5.41 Å². The smallest absolute Gasteiger partial charge is 0.226 e. The molecular formula is C13H21B3N4O4. The molecule has 11 heteroatoms. The molecule has 8 nitrogen and oxygen atoms in total. The summed E-state index contributed by atoms with van der Waals surface area (Å²) in [4.78, 5) is 48.4. The minimum atomic E-state index is -0.976. The summed E-state index contributed by atoms with van der Waals surface area (Å²) in [7, 11) is 15.2. The maximum atomic E-state index is 12.1. The zero-order valence-electron chi connectivity index (χ0n) is 14.2. The van der Waals surface area contributed by atoms with Gasteiger partial charge >= 0.3 is 0 Å². The first-order chi connectivity index (χ1) is 11.1. The van der Waals surface area contributed by atoms with E-state index in [4.69, 9.17) is 23.9 Å². The van der Waals surface area contributed by atoms with Crippen molar-refractivity contribution in [1.29, 1.82) is 0 Å². The van der Waals surface area contributed by atoms with E-state index in [0.717, 1.165) is 0 Å². The largest absolute Gasteiger partial charge is 0.408 e. The van der Waals surface area contributed by atoms with Crippen LogP contribution < -0.4 is 15.7 Å². The molecule has 0 aromatic heterocycles. The average Bonchev–Trinajstić information content (AvgIpc) is 2.52. The van der Waals surface area contributed by atoms with Crippen molar-refractivity contribution in [2.45, 2.75) is 39.7 Å². The highest BCUT2D eigenvalue weighted by molar-refractivity contribution is 6.16. The number of hydrogen-bond donors (Lipinski definition) is 3. The van der Waals surface area contributed by atoms with E-state index >= 15 is 0 Å². The first-order valence-corrected chi connectivity index (χ1v) is 7.33. The van der Waals surface area contributed by atoms with E-state index in [-0.39, 0.29) is 31.7 Å². The van der Waals surface area contributed by atoms with Crippen LogP contribution in [-0.2, 0) is 19.2 Å². The normalized spacial score (nSPS) is 12.3. The molecule has 24 heavy (non-hydrogen) atoms. The molecule has 6 radical (unpaired) electrons. The lowest BCUT2D eigenvalue weighted by molar-refractivity contribution is -0.130. The summed E-state index contributed by atoms with van der Waals surface area (Å²) in [5.41, 5.74) is -0.572. The van der Waals surface area contributed by atoms with Gasteiger partial charge in [0.15, 0.2) is 0 Å². The molecule has 0 aliphatic carbocycles. The molecule has 0 aromatic carbocycles. The van der Waals surface area contributed by atoms with Gasteiger partial charge < -0.3 is 15.7 Å². The van der Waals surface area contributed by atoms with Crippen molar-refractivity contribution < 1.29 is 19.2 Å². The van der Waals surface area contributed by atoms with Crippen molar-refractivity contribution in [3.63, 3.8) is 0 Å². The van der Waals surface area contributed by atoms with Crippen LogP contribution in [0.2, 0.25) is 0 Å². The molecule has 0 fully saturated rings. The molecule has 0 saturated carbocycles. The minimum absolute atomic E-state index is 0.0659. The zero-order valence-corrected chi connectivity index (χ0v) is 14.2. The summed E-state index contributed by atoms with van der Waals surface area (Å²) < 4.78 is 0. The number of nitrogens with one attached hydrogen (secondary N) is 3. The Kier molecular flexibility index (Phi) is 9.42. The number of nitrogens with zero attached hydrogens (tertiary/aromatic N) is 1. The van der Waals surface area contributed by atoms with E-state index in [1.165, 1.54) is 4.90 Å². The number of amides is 3. The van der Waals surface area contributed by atoms with Crippen molar-refractivity contribution >= 4 is 47.4 Å². The molecule has 0 rings (SSSR count). The summed E-state index contributed by atoms with van der Waals surface area (Å²) in [6.45, 7) is 4.59. The molecule has 0 aliphatic rings. The lowest BCUT2D eigenvalue weighted by atomic mass is 9.87. The van der Waals surface area contributed by atoms with Gasteiger partial charge in [-0.05, 0) is 6.42 Å². The predicted molar refractivity (Wildman–Crippen MR) is 90.7 cm³/mol. The van der Waals surface area contributed by atoms with Gasteiger partial charge in [-0.2, -0.15) is 0 Å². The number of hydrogen-bond acceptors (Lipinski definition) is 5. The van der Waals surface area contributed by atoms with Gasteiger partial charge in [0.25, 0.3) is 0 Å². The van der Waals surface area contributed by atoms with Gasteiger partial charge in [-0.15, -0.1) is 0 Å². The van der Waals surface area contributed by atoms with Gasteiger partial charge in [-0.3, -0.25) is 24.1 Å². The average molecular weight is 330 g/mol. The van der Waals surface area contributed by atoms with Crippen LogP contribution in [0.1, 0.15) is 33.6 Å². The van der Waals surface area contributed by atoms with Gasteiger partial charge in [0.05, 0.1) is 19.1 Å². The minimum Gasteiger partial charge on any atom is -0.408 e. The third-order valence-corrected chi connectivity index (χ3v) is 3.38. The Morgan fingerprint density at radius 2 is 1.38 bits per heavy atom. The molecule has 0 saturated heterocycles. The summed E-state index contributed by atoms with van der Waals surface area (Å²) in [5.74, 6) is -1.93. The van der Waals surface area contributed by atoms with Crippen molar-refractivity contribution in [3.8, 4) is 0 Å². The zero-order chi connectivity index (χ0) is 18.9. The van der Waals surface area contributed by atoms with E-state index < -0.39 is 29.2 Å². The van der Waals surface area contributed by atoms with E-state index in [2.05, 4.69) is 0 Å². The van der Waals surface area contributed by atoms with Gasteiger partial charge in [0, 0.05) is 11.8 Å². The van der Waals surface area contributed by atoms with Gasteiger partial charge in [0.2, 0.25) is 41.7 Å². The van der Waals surface area contributed by atoms with E-state index in [1.807, 2.05) is 15.7 Å². The van der Waals surface area contributed by atoms with Crippen LogP contribution >= 0.6 is 0 Å². The first kappa shape index (κ1) is 22.2. The molecule has 126 valence electrons. The maximum Gasteiger partial charge on any atom is 0.226 e. The lowest BCUT2D eigenvalue weighted by Gasteiger charge is -2.30. The molecule has 0 bridgehead atoms. The van der Waals surface area contributed by atoms with Crippen LogP contribution in [0.3, 0.4) is 0 Å². The van der Waals surface area contributed by atoms with E-state index in [1.54, 1.807) is 20.8 Å². The third kappa shape index (κ3) is 7.67. The van der Waals surface area contributed by atoms with Gasteiger partial charge in [-0.1, -0.05) is 20.8 Å². The van der Waals surface area contributed by atoms with Crippen molar-refractivity contribution in [1.82, 2.24) is 20.6 Å². The Hall–Kier alpha value is -1.77. The van der Waals surface area contributed by atoms with Crippen LogP contribution in [0.15, 0.2) is 0 Å². The summed E-state index contributed by atoms with van der Waals surface area (Å²) in [5, 5.41) is 5.80. The Bertz CT molecular complexity index is 464. The van der Waals surface area contributed by atoms with Gasteiger partial charge in [-0.25, -0.2) is 0 Å². The summed E-state index contributed by atoms with van der Waals surface area (Å²) in [6, 6.07) is -0.976. The fraction of sp³-hybridized carbons (Fsp3) is 0.692. The predicted octanol–water partition coefficient (Wildman–Crippen LogP) is -2.35. The molecule has 0 heterocycles. The van der Waals surface area contributed by atoms with E-state index in [9.17, 15) is 19.2 Å². The second-order valence-corrected chi connectivity index (χ2v) is 6.28. The first-order valence-electron chi connectivity index (χ1n) is 7.33. The topological polar surface area (TPSA) is 108 Å². The lowest BCUT2D eigenvalue weighted by Crippen LogP contribution is -2.53. The number of ketones is 1. The molecule has 3 N–H and O–H groups in total. The SMILES string of the molecule is [B]NC(=O)CN(CC(=O)N[B])[C@@H](CCC(=O)C(C)(C)C)C(=O)N[B]. The summed E-state index contributed by atoms with van der Waals surface area (Å²) in [6.07, 6.45) is 0.154. The molecule has 1 atom stereocenters. The standard InChI is InChI=1S/C13H21B3N4O4/c1-13(2,3)9(21)5-4-8(12(24)19-16)20(6-10(22)17-14)7-11(23)18-15/h8H,4-7H2,1-3H3,(H,17,22)(H,18,23)(H,19,24)/t8-/m0/s1. The monoisotopic (exact) mass is 330 g/mol. The Labute approximate surface area is 146 Å². The molecule has 0 spiro atoms. The molecular weight excluding hydrogens is 309 g/mol. The van der Waals surface area contributed by atoms with Crippen LogP contribution in [-0.4, -0.2) is 71.5 Å². The quantitative estimate of drug-likeness (QED) is 0.411. The second kappa shape index (κ2) is 10.2. The second-order valence-electron chi connectivity index (χ2n) is 6.28. The number of Topliss-reactive ketones (excluding diaryl/α,β-unsaturated/α-hetero) is 1. The summed E-state index contributed by atoms with van der Waals surface area (Å²) >= 11 is 0. The Morgan fingerprint density at radius 1 is 0.917 bits per heavy atom. The third-order valence-electron chi connectivity index (χ3n) is 3.38. The van der Waals surface area contributed by atoms with Crippen molar-refractivity contribution in [2.75, 3.05) is 13.1 Å². The molecule has 0 unspecified atom stereocenters. The number of rotatable bonds is 9. The molecule has 0 aliphatic heterocycles. The highest BCUT2D eigenvalue weighted by atomic mass is 16.2. The number of carbonyl (C=O) groups excluding carboxylic acids is 4. The van der Waals surface area contributed by atoms with Crippen molar-refractivity contribution in [3.05, 3.63) is 0 Å². The number of carbonyl (C=O) groups is 4. The van der Waals surface area contributed by atoms with Crippen LogP contribution in [0.4, 0.5) is 0 Å². The molecule has 3 amide bonds. The fourth-order valence-corrected chi connectivity index (χ4v) is 1.95. The van der Waals surface area contributed by atoms with Crippen LogP contribution in [0.5, 0.6) is 0 Å². The maximum absolute atomic E-state index is 12.1. The van der Waals surface area contributed by atoms with Crippen LogP contribution in [0.25, 0.3) is 0 Å². The highest BCUT2D eigenvalue weighted by Gasteiger charge is 2.30. The highest BCUT2D eigenvalue weighted by Crippen LogP contribution is 2.19. The molecule has 0 aromatic rings. The van der Waals surface area contributed by atoms with Crippen molar-refractivity contribution in [2.24, 2.45) is 5.41 Å².